The number of benzene rings is 1. The van der Waals surface area contributed by atoms with Crippen LogP contribution in [0.5, 0.6) is 0 Å². The summed E-state index contributed by atoms with van der Waals surface area (Å²) in [6.45, 7) is 5.83. The van der Waals surface area contributed by atoms with Gasteiger partial charge in [0.25, 0.3) is 5.69 Å². The molecule has 1 N–H and O–H groups in total. The van der Waals surface area contributed by atoms with E-state index in [-0.39, 0.29) is 11.1 Å². The molecule has 0 aliphatic heterocycles. The molecule has 0 amide bonds. The first-order chi connectivity index (χ1) is 7.80. The zero-order valence-corrected chi connectivity index (χ0v) is 10.3. The Labute approximate surface area is 101 Å². The maximum atomic E-state index is 10.5. The molecular formula is C13H17NO3. The standard InChI is InChI=1S/C13H17NO3/c1-13(2,3)12(15)9-6-10-4-7-11(8-5-10)14(16)17/h4-9,12,15H,1-3H3/b9-6+/t12-/m0/s1. The van der Waals surface area contributed by atoms with Crippen LogP contribution in [-0.4, -0.2) is 16.1 Å². The summed E-state index contributed by atoms with van der Waals surface area (Å²) in [5, 5.41) is 20.3. The molecule has 0 aromatic heterocycles. The van der Waals surface area contributed by atoms with Gasteiger partial charge in [0.05, 0.1) is 11.0 Å². The van der Waals surface area contributed by atoms with Gasteiger partial charge in [-0.25, -0.2) is 0 Å². The highest BCUT2D eigenvalue weighted by molar-refractivity contribution is 5.52. The van der Waals surface area contributed by atoms with E-state index in [1.807, 2.05) is 20.8 Å². The summed E-state index contributed by atoms with van der Waals surface area (Å²) in [6.07, 6.45) is 2.92. The highest BCUT2D eigenvalue weighted by Crippen LogP contribution is 2.21. The fourth-order valence-corrected chi connectivity index (χ4v) is 1.20. The van der Waals surface area contributed by atoms with Crippen molar-refractivity contribution >= 4 is 11.8 Å². The second-order valence-electron chi connectivity index (χ2n) is 5.02. The third-order valence-electron chi connectivity index (χ3n) is 2.46. The molecule has 4 heteroatoms. The van der Waals surface area contributed by atoms with Crippen LogP contribution in [0.4, 0.5) is 5.69 Å². The lowest BCUT2D eigenvalue weighted by molar-refractivity contribution is -0.384. The van der Waals surface area contributed by atoms with Gasteiger partial charge < -0.3 is 5.11 Å². The van der Waals surface area contributed by atoms with E-state index in [0.29, 0.717) is 0 Å². The number of aliphatic hydroxyl groups excluding tert-OH is 1. The van der Waals surface area contributed by atoms with Gasteiger partial charge in [-0.3, -0.25) is 10.1 Å². The average molecular weight is 235 g/mol. The molecule has 0 radical (unpaired) electrons. The predicted molar refractivity (Wildman–Crippen MR) is 67.6 cm³/mol. The number of non-ortho nitro benzene ring substituents is 1. The molecule has 17 heavy (non-hydrogen) atoms. The molecule has 0 aliphatic rings. The Morgan fingerprint density at radius 2 is 1.82 bits per heavy atom. The molecule has 1 aromatic carbocycles. The molecule has 0 unspecified atom stereocenters. The monoisotopic (exact) mass is 235 g/mol. The van der Waals surface area contributed by atoms with E-state index in [2.05, 4.69) is 0 Å². The highest BCUT2D eigenvalue weighted by Gasteiger charge is 2.18. The van der Waals surface area contributed by atoms with Crippen molar-refractivity contribution in [3.63, 3.8) is 0 Å². The number of nitro benzene ring substituents is 1. The minimum atomic E-state index is -0.544. The first-order valence-electron chi connectivity index (χ1n) is 5.41. The first-order valence-corrected chi connectivity index (χ1v) is 5.41. The molecule has 1 atom stereocenters. The SMILES string of the molecule is CC(C)(C)[C@@H](O)/C=C/c1ccc([N+](=O)[O-])cc1. The van der Waals surface area contributed by atoms with Crippen molar-refractivity contribution in [1.29, 1.82) is 0 Å². The van der Waals surface area contributed by atoms with Crippen molar-refractivity contribution in [2.75, 3.05) is 0 Å². The largest absolute Gasteiger partial charge is 0.388 e. The van der Waals surface area contributed by atoms with Crippen molar-refractivity contribution in [3.05, 3.63) is 46.0 Å². The van der Waals surface area contributed by atoms with E-state index in [9.17, 15) is 15.2 Å². The third kappa shape index (κ3) is 4.00. The van der Waals surface area contributed by atoms with Crippen LogP contribution in [0, 0.1) is 15.5 Å². The summed E-state index contributed by atoms with van der Waals surface area (Å²) in [5.74, 6) is 0. The van der Waals surface area contributed by atoms with Gasteiger partial charge in [-0.2, -0.15) is 0 Å². The summed E-state index contributed by atoms with van der Waals surface area (Å²) in [4.78, 5) is 10.0. The Morgan fingerprint density at radius 3 is 2.24 bits per heavy atom. The molecular weight excluding hydrogens is 218 g/mol. The van der Waals surface area contributed by atoms with E-state index in [0.717, 1.165) is 5.56 Å². The Hall–Kier alpha value is -1.68. The number of aliphatic hydroxyl groups is 1. The molecule has 0 bridgehead atoms. The van der Waals surface area contributed by atoms with E-state index in [4.69, 9.17) is 0 Å². The van der Waals surface area contributed by atoms with Gasteiger partial charge in [0, 0.05) is 12.1 Å². The topological polar surface area (TPSA) is 63.4 Å². The number of hydrogen-bond donors (Lipinski definition) is 1. The molecule has 0 saturated carbocycles. The van der Waals surface area contributed by atoms with Crippen LogP contribution in [0.1, 0.15) is 26.3 Å². The summed E-state index contributed by atoms with van der Waals surface area (Å²) in [7, 11) is 0. The van der Waals surface area contributed by atoms with Gasteiger partial charge in [-0.15, -0.1) is 0 Å². The van der Waals surface area contributed by atoms with Gasteiger partial charge in [0.1, 0.15) is 0 Å². The smallest absolute Gasteiger partial charge is 0.269 e. The Bertz CT molecular complexity index is 415. The molecule has 1 aromatic rings. The second-order valence-corrected chi connectivity index (χ2v) is 5.02. The van der Waals surface area contributed by atoms with Crippen LogP contribution < -0.4 is 0 Å². The highest BCUT2D eigenvalue weighted by atomic mass is 16.6. The lowest BCUT2D eigenvalue weighted by atomic mass is 9.89. The van der Waals surface area contributed by atoms with Crippen LogP contribution in [0.15, 0.2) is 30.3 Å². The third-order valence-corrected chi connectivity index (χ3v) is 2.46. The van der Waals surface area contributed by atoms with Gasteiger partial charge in [-0.1, -0.05) is 32.9 Å². The van der Waals surface area contributed by atoms with Crippen molar-refractivity contribution in [3.8, 4) is 0 Å². The van der Waals surface area contributed by atoms with Crippen molar-refractivity contribution in [2.45, 2.75) is 26.9 Å². The normalized spacial score (nSPS) is 13.9. The molecule has 92 valence electrons. The van der Waals surface area contributed by atoms with Crippen molar-refractivity contribution < 1.29 is 10.0 Å². The van der Waals surface area contributed by atoms with Crippen LogP contribution in [-0.2, 0) is 0 Å². The average Bonchev–Trinajstić information content (AvgIpc) is 2.25. The van der Waals surface area contributed by atoms with Crippen LogP contribution >= 0.6 is 0 Å². The molecule has 0 spiro atoms. The van der Waals surface area contributed by atoms with Crippen LogP contribution in [0.2, 0.25) is 0 Å². The van der Waals surface area contributed by atoms with Gasteiger partial charge in [-0.05, 0) is 23.1 Å². The van der Waals surface area contributed by atoms with Crippen LogP contribution in [0.25, 0.3) is 6.08 Å². The number of nitrogens with zero attached hydrogens (tertiary/aromatic N) is 1. The zero-order valence-electron chi connectivity index (χ0n) is 10.3. The lowest BCUT2D eigenvalue weighted by Gasteiger charge is -2.22. The molecule has 0 heterocycles. The Balaban J connectivity index is 2.76. The second kappa shape index (κ2) is 5.10. The minimum Gasteiger partial charge on any atom is -0.388 e. The summed E-state index contributed by atoms with van der Waals surface area (Å²) < 4.78 is 0. The molecule has 0 fully saturated rings. The Kier molecular flexibility index (Phi) is 4.02. The fourth-order valence-electron chi connectivity index (χ4n) is 1.20. The van der Waals surface area contributed by atoms with Crippen molar-refractivity contribution in [1.82, 2.24) is 0 Å². The molecule has 0 aliphatic carbocycles. The zero-order chi connectivity index (χ0) is 13.1. The maximum Gasteiger partial charge on any atom is 0.269 e. The van der Waals surface area contributed by atoms with E-state index in [1.165, 1.54) is 12.1 Å². The Morgan fingerprint density at radius 1 is 1.29 bits per heavy atom. The van der Waals surface area contributed by atoms with E-state index in [1.54, 1.807) is 24.3 Å². The van der Waals surface area contributed by atoms with Crippen LogP contribution in [0.3, 0.4) is 0 Å². The lowest BCUT2D eigenvalue weighted by Crippen LogP contribution is -2.23. The molecule has 4 nitrogen and oxygen atoms in total. The summed E-state index contributed by atoms with van der Waals surface area (Å²) >= 11 is 0. The predicted octanol–water partition coefficient (Wildman–Crippen LogP) is 3.02. The quantitative estimate of drug-likeness (QED) is 0.647. The molecule has 1 rings (SSSR count). The van der Waals surface area contributed by atoms with Gasteiger partial charge in [0.15, 0.2) is 0 Å². The van der Waals surface area contributed by atoms with Gasteiger partial charge >= 0.3 is 0 Å². The van der Waals surface area contributed by atoms with E-state index < -0.39 is 11.0 Å². The number of hydrogen-bond acceptors (Lipinski definition) is 3. The summed E-state index contributed by atoms with van der Waals surface area (Å²) in [6, 6.07) is 6.21. The van der Waals surface area contributed by atoms with E-state index >= 15 is 0 Å². The maximum absolute atomic E-state index is 10.5. The first kappa shape index (κ1) is 13.4. The fraction of sp³-hybridized carbons (Fsp3) is 0.385. The summed E-state index contributed by atoms with van der Waals surface area (Å²) in [5.41, 5.74) is 0.689. The molecule has 0 saturated heterocycles. The van der Waals surface area contributed by atoms with Crippen molar-refractivity contribution in [2.24, 2.45) is 5.41 Å². The number of nitro groups is 1. The van der Waals surface area contributed by atoms with Gasteiger partial charge in [0.2, 0.25) is 0 Å². The number of rotatable bonds is 3. The minimum absolute atomic E-state index is 0.0681.